The largest absolute Gasteiger partial charge is 0.289 e. The van der Waals surface area contributed by atoms with Crippen molar-refractivity contribution in [2.24, 2.45) is 23.7 Å². The summed E-state index contributed by atoms with van der Waals surface area (Å²) < 4.78 is 0. The van der Waals surface area contributed by atoms with E-state index in [1.54, 1.807) is 0 Å². The van der Waals surface area contributed by atoms with Gasteiger partial charge in [-0.2, -0.15) is 5.01 Å². The maximum absolute atomic E-state index is 12.4. The molecular formula is C15H14N2O2. The van der Waals surface area contributed by atoms with Crippen molar-refractivity contribution in [1.29, 1.82) is 0 Å². The molecule has 4 heteroatoms. The van der Waals surface area contributed by atoms with Gasteiger partial charge >= 0.3 is 0 Å². The summed E-state index contributed by atoms with van der Waals surface area (Å²) in [5, 5.41) is 1.22. The SMILES string of the molecule is O=C1[C@H]2[C@H](C(=O)N1Nc1ccccc1)[C@H]1C=C[C@H]2C1. The van der Waals surface area contributed by atoms with Gasteiger partial charge in [-0.3, -0.25) is 15.0 Å². The molecule has 0 unspecified atom stereocenters. The lowest BCUT2D eigenvalue weighted by molar-refractivity contribution is -0.139. The van der Waals surface area contributed by atoms with Crippen molar-refractivity contribution in [2.75, 3.05) is 5.43 Å². The summed E-state index contributed by atoms with van der Waals surface area (Å²) in [5.41, 5.74) is 3.71. The number of carbonyl (C=O) groups excluding carboxylic acids is 2. The maximum atomic E-state index is 12.4. The Morgan fingerprint density at radius 1 is 0.947 bits per heavy atom. The van der Waals surface area contributed by atoms with Gasteiger partial charge in [0, 0.05) is 0 Å². The molecule has 4 nitrogen and oxygen atoms in total. The molecule has 1 aromatic carbocycles. The zero-order valence-electron chi connectivity index (χ0n) is 10.3. The minimum absolute atomic E-state index is 0.0734. The number of hydrazine groups is 1. The van der Waals surface area contributed by atoms with Crippen LogP contribution in [0.1, 0.15) is 6.42 Å². The predicted molar refractivity (Wildman–Crippen MR) is 69.6 cm³/mol. The number of anilines is 1. The van der Waals surface area contributed by atoms with Gasteiger partial charge in [-0.05, 0) is 30.4 Å². The number of carbonyl (C=O) groups is 2. The lowest BCUT2D eigenvalue weighted by Crippen LogP contribution is -2.37. The Kier molecular flexibility index (Phi) is 2.10. The van der Waals surface area contributed by atoms with Crippen molar-refractivity contribution >= 4 is 17.5 Å². The predicted octanol–water partition coefficient (Wildman–Crippen LogP) is 1.82. The van der Waals surface area contributed by atoms with Gasteiger partial charge in [0.05, 0.1) is 17.5 Å². The summed E-state index contributed by atoms with van der Waals surface area (Å²) in [4.78, 5) is 24.8. The molecule has 2 amide bonds. The first-order chi connectivity index (χ1) is 9.25. The first-order valence-corrected chi connectivity index (χ1v) is 6.63. The third-order valence-electron chi connectivity index (χ3n) is 4.49. The Hall–Kier alpha value is -2.10. The molecule has 4 rings (SSSR count). The van der Waals surface area contributed by atoms with Crippen molar-refractivity contribution in [3.05, 3.63) is 42.5 Å². The second-order valence-electron chi connectivity index (χ2n) is 5.49. The fraction of sp³-hybridized carbons (Fsp3) is 0.333. The van der Waals surface area contributed by atoms with Crippen molar-refractivity contribution in [2.45, 2.75) is 6.42 Å². The van der Waals surface area contributed by atoms with Crippen molar-refractivity contribution < 1.29 is 9.59 Å². The Morgan fingerprint density at radius 2 is 1.53 bits per heavy atom. The van der Waals surface area contributed by atoms with Crippen LogP contribution in [0.3, 0.4) is 0 Å². The Bertz CT molecular complexity index is 551. The number of benzene rings is 1. The van der Waals surface area contributed by atoms with Crippen LogP contribution in [0.5, 0.6) is 0 Å². The second kappa shape index (κ2) is 3.70. The van der Waals surface area contributed by atoms with E-state index in [1.807, 2.05) is 30.3 Å². The highest BCUT2D eigenvalue weighted by Gasteiger charge is 2.59. The van der Waals surface area contributed by atoms with Crippen molar-refractivity contribution in [3.8, 4) is 0 Å². The van der Waals surface area contributed by atoms with Gasteiger partial charge < -0.3 is 0 Å². The zero-order valence-corrected chi connectivity index (χ0v) is 10.3. The monoisotopic (exact) mass is 254 g/mol. The topological polar surface area (TPSA) is 49.4 Å². The standard InChI is InChI=1S/C15H14N2O2/c18-14-12-9-6-7-10(8-9)13(12)15(19)17(14)16-11-4-2-1-3-5-11/h1-7,9-10,12-13,16H,8H2/t9-,10-,12+,13+/m0/s1. The van der Waals surface area contributed by atoms with E-state index in [0.29, 0.717) is 0 Å². The quantitative estimate of drug-likeness (QED) is 0.647. The highest BCUT2D eigenvalue weighted by Crippen LogP contribution is 2.52. The summed E-state index contributed by atoms with van der Waals surface area (Å²) in [6.07, 6.45) is 5.16. The van der Waals surface area contributed by atoms with E-state index in [-0.39, 0.29) is 35.5 Å². The number of hydrogen-bond acceptors (Lipinski definition) is 3. The molecule has 0 radical (unpaired) electrons. The molecule has 96 valence electrons. The van der Waals surface area contributed by atoms with E-state index in [0.717, 1.165) is 12.1 Å². The van der Waals surface area contributed by atoms with Gasteiger partial charge in [0.25, 0.3) is 11.8 Å². The molecule has 1 saturated heterocycles. The first kappa shape index (κ1) is 10.8. The Balaban J connectivity index is 1.62. The zero-order chi connectivity index (χ0) is 13.0. The van der Waals surface area contributed by atoms with Gasteiger partial charge in [0.1, 0.15) is 0 Å². The van der Waals surface area contributed by atoms with Gasteiger partial charge in [0.15, 0.2) is 0 Å². The van der Waals surface area contributed by atoms with Crippen LogP contribution in [-0.4, -0.2) is 16.8 Å². The van der Waals surface area contributed by atoms with Crippen molar-refractivity contribution in [1.82, 2.24) is 5.01 Å². The number of para-hydroxylation sites is 1. The lowest BCUT2D eigenvalue weighted by atomic mass is 9.85. The van der Waals surface area contributed by atoms with Gasteiger partial charge in [-0.1, -0.05) is 30.4 Å². The fourth-order valence-electron chi connectivity index (χ4n) is 3.65. The van der Waals surface area contributed by atoms with Gasteiger partial charge in [0.2, 0.25) is 0 Å². The third-order valence-corrected chi connectivity index (χ3v) is 4.49. The fourth-order valence-corrected chi connectivity index (χ4v) is 3.65. The van der Waals surface area contributed by atoms with Crippen LogP contribution in [0.4, 0.5) is 5.69 Å². The normalized spacial score (nSPS) is 35.1. The molecule has 4 atom stereocenters. The number of rotatable bonds is 2. The second-order valence-corrected chi connectivity index (χ2v) is 5.49. The third kappa shape index (κ3) is 1.40. The Labute approximate surface area is 111 Å². The molecule has 1 aromatic rings. The molecule has 19 heavy (non-hydrogen) atoms. The van der Waals surface area contributed by atoms with Crippen molar-refractivity contribution in [3.63, 3.8) is 0 Å². The summed E-state index contributed by atoms with van der Waals surface area (Å²) in [5.74, 6) is 0.0897. The first-order valence-electron chi connectivity index (χ1n) is 6.63. The average molecular weight is 254 g/mol. The molecule has 1 aliphatic heterocycles. The maximum Gasteiger partial charge on any atom is 0.252 e. The average Bonchev–Trinajstić information content (AvgIpc) is 3.10. The summed E-state index contributed by atoms with van der Waals surface area (Å²) >= 11 is 0. The molecule has 0 aromatic heterocycles. The molecule has 2 bridgehead atoms. The highest BCUT2D eigenvalue weighted by atomic mass is 16.2. The van der Waals surface area contributed by atoms with Crippen LogP contribution < -0.4 is 5.43 Å². The van der Waals surface area contributed by atoms with E-state index in [2.05, 4.69) is 17.6 Å². The Morgan fingerprint density at radius 3 is 2.11 bits per heavy atom. The van der Waals surface area contributed by atoms with Crippen LogP contribution in [-0.2, 0) is 9.59 Å². The molecule has 3 aliphatic rings. The number of imide groups is 1. The molecule has 1 N–H and O–H groups in total. The van der Waals surface area contributed by atoms with Crippen LogP contribution in [0, 0.1) is 23.7 Å². The number of nitrogens with one attached hydrogen (secondary N) is 1. The van der Waals surface area contributed by atoms with E-state index < -0.39 is 0 Å². The van der Waals surface area contributed by atoms with E-state index in [9.17, 15) is 9.59 Å². The molecule has 0 spiro atoms. The van der Waals surface area contributed by atoms with Gasteiger partial charge in [-0.15, -0.1) is 0 Å². The van der Waals surface area contributed by atoms with E-state index >= 15 is 0 Å². The summed E-state index contributed by atoms with van der Waals surface area (Å²) in [6.45, 7) is 0. The van der Waals surface area contributed by atoms with Crippen LogP contribution in [0.15, 0.2) is 42.5 Å². The lowest BCUT2D eigenvalue weighted by Gasteiger charge is -2.19. The smallest absolute Gasteiger partial charge is 0.252 e. The van der Waals surface area contributed by atoms with E-state index in [4.69, 9.17) is 0 Å². The number of hydrogen-bond donors (Lipinski definition) is 1. The van der Waals surface area contributed by atoms with Crippen LogP contribution in [0.2, 0.25) is 0 Å². The highest BCUT2D eigenvalue weighted by molar-refractivity contribution is 6.07. The number of fused-ring (bicyclic) bond motifs is 5. The number of amides is 2. The van der Waals surface area contributed by atoms with Gasteiger partial charge in [-0.25, -0.2) is 0 Å². The number of allylic oxidation sites excluding steroid dienone is 2. The summed E-state index contributed by atoms with van der Waals surface area (Å²) in [7, 11) is 0. The molecule has 1 heterocycles. The van der Waals surface area contributed by atoms with E-state index in [1.165, 1.54) is 5.01 Å². The molecule has 2 fully saturated rings. The summed E-state index contributed by atoms with van der Waals surface area (Å²) in [6, 6.07) is 9.35. The molecule has 1 saturated carbocycles. The minimum Gasteiger partial charge on any atom is -0.289 e. The number of nitrogens with zero attached hydrogens (tertiary/aromatic N) is 1. The van der Waals surface area contributed by atoms with Crippen LogP contribution in [0.25, 0.3) is 0 Å². The minimum atomic E-state index is -0.140. The molecular weight excluding hydrogens is 240 g/mol. The molecule has 2 aliphatic carbocycles. The van der Waals surface area contributed by atoms with Crippen LogP contribution >= 0.6 is 0 Å².